The molecule has 0 bridgehead atoms. The summed E-state index contributed by atoms with van der Waals surface area (Å²) < 4.78 is 4.86. The van der Waals surface area contributed by atoms with Gasteiger partial charge < -0.3 is 15.6 Å². The first-order valence-corrected chi connectivity index (χ1v) is 5.50. The zero-order valence-electron chi connectivity index (χ0n) is 10.2. The molecule has 0 amide bonds. The van der Waals surface area contributed by atoms with Crippen molar-refractivity contribution in [2.75, 3.05) is 11.1 Å². The van der Waals surface area contributed by atoms with Gasteiger partial charge in [0.05, 0.1) is 6.54 Å². The van der Waals surface area contributed by atoms with E-state index in [2.05, 4.69) is 15.5 Å². The number of nitrogen functional groups attached to an aromatic ring is 1. The van der Waals surface area contributed by atoms with Crippen LogP contribution in [-0.4, -0.2) is 15.9 Å². The van der Waals surface area contributed by atoms with Crippen molar-refractivity contribution in [1.29, 1.82) is 0 Å². The molecule has 0 aliphatic heterocycles. The first-order chi connectivity index (χ1) is 8.56. The molecule has 2 aromatic rings. The van der Waals surface area contributed by atoms with Crippen LogP contribution in [0.5, 0.6) is 0 Å². The number of anilines is 2. The SMILES string of the molecule is CC(=O)c1cc(NCc2noc(C)n2)ccc1N. The number of carbonyl (C=O) groups is 1. The minimum Gasteiger partial charge on any atom is -0.398 e. The number of nitrogens with one attached hydrogen (secondary N) is 1. The van der Waals surface area contributed by atoms with Crippen molar-refractivity contribution >= 4 is 17.2 Å². The molecule has 0 fully saturated rings. The highest BCUT2D eigenvalue weighted by atomic mass is 16.5. The van der Waals surface area contributed by atoms with Crippen molar-refractivity contribution in [3.8, 4) is 0 Å². The Morgan fingerprint density at radius 1 is 1.50 bits per heavy atom. The van der Waals surface area contributed by atoms with Gasteiger partial charge in [-0.3, -0.25) is 4.79 Å². The van der Waals surface area contributed by atoms with Gasteiger partial charge in [-0.2, -0.15) is 4.98 Å². The van der Waals surface area contributed by atoms with Crippen LogP contribution in [0.25, 0.3) is 0 Å². The fourth-order valence-corrected chi connectivity index (χ4v) is 1.57. The van der Waals surface area contributed by atoms with Crippen molar-refractivity contribution in [3.05, 3.63) is 35.5 Å². The van der Waals surface area contributed by atoms with Crippen molar-refractivity contribution < 1.29 is 9.32 Å². The normalized spacial score (nSPS) is 10.3. The van der Waals surface area contributed by atoms with E-state index in [4.69, 9.17) is 10.3 Å². The number of aryl methyl sites for hydroxylation is 1. The number of nitrogens with two attached hydrogens (primary N) is 1. The molecule has 18 heavy (non-hydrogen) atoms. The summed E-state index contributed by atoms with van der Waals surface area (Å²) in [4.78, 5) is 15.4. The van der Waals surface area contributed by atoms with Gasteiger partial charge in [0.2, 0.25) is 5.89 Å². The van der Waals surface area contributed by atoms with Crippen LogP contribution in [0.15, 0.2) is 22.7 Å². The van der Waals surface area contributed by atoms with Gasteiger partial charge in [-0.05, 0) is 25.1 Å². The number of aromatic nitrogens is 2. The zero-order valence-corrected chi connectivity index (χ0v) is 10.2. The lowest BCUT2D eigenvalue weighted by atomic mass is 10.1. The molecule has 1 heterocycles. The van der Waals surface area contributed by atoms with E-state index in [1.165, 1.54) is 6.92 Å². The molecule has 0 unspecified atom stereocenters. The van der Waals surface area contributed by atoms with Crippen LogP contribution < -0.4 is 11.1 Å². The molecule has 6 heteroatoms. The van der Waals surface area contributed by atoms with E-state index in [-0.39, 0.29) is 5.78 Å². The number of rotatable bonds is 4. The van der Waals surface area contributed by atoms with Gasteiger partial charge in [0.15, 0.2) is 11.6 Å². The molecule has 0 radical (unpaired) electrons. The number of ketones is 1. The maximum Gasteiger partial charge on any atom is 0.223 e. The molecule has 0 aliphatic rings. The van der Waals surface area contributed by atoms with E-state index < -0.39 is 0 Å². The van der Waals surface area contributed by atoms with E-state index in [1.807, 2.05) is 0 Å². The van der Waals surface area contributed by atoms with E-state index in [0.29, 0.717) is 29.5 Å². The van der Waals surface area contributed by atoms with Gasteiger partial charge in [0.1, 0.15) is 0 Å². The highest BCUT2D eigenvalue weighted by molar-refractivity contribution is 5.99. The smallest absolute Gasteiger partial charge is 0.223 e. The van der Waals surface area contributed by atoms with Gasteiger partial charge in [-0.25, -0.2) is 0 Å². The largest absolute Gasteiger partial charge is 0.398 e. The third-order valence-corrected chi connectivity index (χ3v) is 2.45. The predicted octanol–water partition coefficient (Wildman–Crippen LogP) is 1.77. The zero-order chi connectivity index (χ0) is 13.1. The molecule has 94 valence electrons. The van der Waals surface area contributed by atoms with Crippen molar-refractivity contribution in [3.63, 3.8) is 0 Å². The number of carbonyl (C=O) groups excluding carboxylic acids is 1. The van der Waals surface area contributed by atoms with Crippen molar-refractivity contribution in [2.45, 2.75) is 20.4 Å². The maximum atomic E-state index is 11.3. The van der Waals surface area contributed by atoms with E-state index in [9.17, 15) is 4.79 Å². The van der Waals surface area contributed by atoms with Crippen LogP contribution in [0.1, 0.15) is 29.0 Å². The number of hydrogen-bond acceptors (Lipinski definition) is 6. The molecule has 0 aliphatic carbocycles. The number of nitrogens with zero attached hydrogens (tertiary/aromatic N) is 2. The third kappa shape index (κ3) is 2.65. The Hall–Kier alpha value is -2.37. The lowest BCUT2D eigenvalue weighted by Crippen LogP contribution is -2.04. The van der Waals surface area contributed by atoms with Gasteiger partial charge >= 0.3 is 0 Å². The predicted molar refractivity (Wildman–Crippen MR) is 67.2 cm³/mol. The van der Waals surface area contributed by atoms with Gasteiger partial charge in [-0.1, -0.05) is 5.16 Å². The Bertz CT molecular complexity index is 577. The van der Waals surface area contributed by atoms with Crippen LogP contribution in [0.2, 0.25) is 0 Å². The summed E-state index contributed by atoms with van der Waals surface area (Å²) in [5, 5.41) is 6.87. The molecular weight excluding hydrogens is 232 g/mol. The summed E-state index contributed by atoms with van der Waals surface area (Å²) in [7, 11) is 0. The van der Waals surface area contributed by atoms with Crippen LogP contribution in [-0.2, 0) is 6.54 Å². The molecule has 3 N–H and O–H groups in total. The van der Waals surface area contributed by atoms with Gasteiger partial charge in [-0.15, -0.1) is 0 Å². The fourth-order valence-electron chi connectivity index (χ4n) is 1.57. The summed E-state index contributed by atoms with van der Waals surface area (Å²) >= 11 is 0. The summed E-state index contributed by atoms with van der Waals surface area (Å²) in [6.45, 7) is 3.64. The highest BCUT2D eigenvalue weighted by Crippen LogP contribution is 2.18. The quantitative estimate of drug-likeness (QED) is 0.630. The van der Waals surface area contributed by atoms with E-state index >= 15 is 0 Å². The van der Waals surface area contributed by atoms with Crippen LogP contribution >= 0.6 is 0 Å². The molecule has 0 saturated heterocycles. The standard InChI is InChI=1S/C12H14N4O2/c1-7(17)10-5-9(3-4-11(10)13)14-6-12-15-8(2)18-16-12/h3-5,14H,6,13H2,1-2H3. The first kappa shape index (κ1) is 12.1. The van der Waals surface area contributed by atoms with Gasteiger partial charge in [0.25, 0.3) is 0 Å². The Morgan fingerprint density at radius 3 is 2.89 bits per heavy atom. The molecule has 2 rings (SSSR count). The highest BCUT2D eigenvalue weighted by Gasteiger charge is 2.07. The van der Waals surface area contributed by atoms with Crippen molar-refractivity contribution in [2.24, 2.45) is 0 Å². The summed E-state index contributed by atoms with van der Waals surface area (Å²) in [6.07, 6.45) is 0. The molecule has 0 saturated carbocycles. The third-order valence-electron chi connectivity index (χ3n) is 2.45. The minimum atomic E-state index is -0.0634. The average Bonchev–Trinajstić information content (AvgIpc) is 2.74. The average molecular weight is 246 g/mol. The van der Waals surface area contributed by atoms with E-state index in [1.54, 1.807) is 25.1 Å². The van der Waals surface area contributed by atoms with Crippen LogP contribution in [0.4, 0.5) is 11.4 Å². The summed E-state index contributed by atoms with van der Waals surface area (Å²) in [6, 6.07) is 5.21. The molecule has 6 nitrogen and oxygen atoms in total. The second-order valence-corrected chi connectivity index (χ2v) is 3.94. The summed E-state index contributed by atoms with van der Waals surface area (Å²) in [5.74, 6) is 1.02. The van der Waals surface area contributed by atoms with Gasteiger partial charge in [0, 0.05) is 23.9 Å². The van der Waals surface area contributed by atoms with E-state index in [0.717, 1.165) is 5.69 Å². The van der Waals surface area contributed by atoms with Crippen LogP contribution in [0, 0.1) is 6.92 Å². The van der Waals surface area contributed by atoms with Crippen molar-refractivity contribution in [1.82, 2.24) is 10.1 Å². The Morgan fingerprint density at radius 2 is 2.28 bits per heavy atom. The molecular formula is C12H14N4O2. The lowest BCUT2D eigenvalue weighted by Gasteiger charge is -2.07. The monoisotopic (exact) mass is 246 g/mol. The molecule has 1 aromatic heterocycles. The second-order valence-electron chi connectivity index (χ2n) is 3.94. The second kappa shape index (κ2) is 4.87. The maximum absolute atomic E-state index is 11.3. The molecule has 0 spiro atoms. The first-order valence-electron chi connectivity index (χ1n) is 5.50. The molecule has 0 atom stereocenters. The Balaban J connectivity index is 2.10. The lowest BCUT2D eigenvalue weighted by molar-refractivity contribution is 0.101. The Labute approximate surface area is 104 Å². The molecule has 1 aromatic carbocycles. The fraction of sp³-hybridized carbons (Fsp3) is 0.250. The summed E-state index contributed by atoms with van der Waals surface area (Å²) in [5.41, 5.74) is 7.48. The number of hydrogen-bond donors (Lipinski definition) is 2. The van der Waals surface area contributed by atoms with Crippen LogP contribution in [0.3, 0.4) is 0 Å². The minimum absolute atomic E-state index is 0.0634. The topological polar surface area (TPSA) is 94.0 Å². The number of benzene rings is 1. The number of Topliss-reactive ketones (excluding diaryl/α,β-unsaturated/α-hetero) is 1. The Kier molecular flexibility index (Phi) is 3.27.